The molecule has 0 fully saturated rings. The SMILES string of the molecule is CCCCOc1nc(-c2ccc3ccc4cccc5ccc2c3c45)nc2ccc(O)cc12. The first-order chi connectivity index (χ1) is 15.7. The number of hydrogen-bond acceptors (Lipinski definition) is 4. The molecule has 0 spiro atoms. The van der Waals surface area contributed by atoms with Gasteiger partial charge in [0.25, 0.3) is 0 Å². The third kappa shape index (κ3) is 2.91. The summed E-state index contributed by atoms with van der Waals surface area (Å²) in [6.45, 7) is 2.71. The van der Waals surface area contributed by atoms with Crippen LogP contribution < -0.4 is 4.74 Å². The fourth-order valence-electron chi connectivity index (χ4n) is 4.56. The lowest BCUT2D eigenvalue weighted by Gasteiger charge is -2.15. The molecule has 1 heterocycles. The van der Waals surface area contributed by atoms with E-state index in [1.54, 1.807) is 12.1 Å². The minimum absolute atomic E-state index is 0.178. The van der Waals surface area contributed by atoms with Gasteiger partial charge in [0, 0.05) is 5.56 Å². The summed E-state index contributed by atoms with van der Waals surface area (Å²) in [5.74, 6) is 1.32. The van der Waals surface area contributed by atoms with Crippen molar-refractivity contribution in [2.45, 2.75) is 19.8 Å². The number of ether oxygens (including phenoxy) is 1. The van der Waals surface area contributed by atoms with Crippen LogP contribution in [0.1, 0.15) is 19.8 Å². The lowest BCUT2D eigenvalue weighted by molar-refractivity contribution is 0.301. The van der Waals surface area contributed by atoms with E-state index in [1.165, 1.54) is 26.9 Å². The molecule has 0 radical (unpaired) electrons. The summed E-state index contributed by atoms with van der Waals surface area (Å²) in [5, 5.41) is 18.0. The molecule has 0 atom stereocenters. The monoisotopic (exact) mass is 418 g/mol. The first-order valence-electron chi connectivity index (χ1n) is 11.0. The summed E-state index contributed by atoms with van der Waals surface area (Å²) in [4.78, 5) is 9.68. The van der Waals surface area contributed by atoms with Crippen LogP contribution in [0.2, 0.25) is 0 Å². The van der Waals surface area contributed by atoms with Crippen LogP contribution in [0.3, 0.4) is 0 Å². The summed E-state index contributed by atoms with van der Waals surface area (Å²) >= 11 is 0. The van der Waals surface area contributed by atoms with Gasteiger partial charge in [0.15, 0.2) is 5.82 Å². The molecule has 0 saturated carbocycles. The molecule has 0 unspecified atom stereocenters. The Morgan fingerprint density at radius 3 is 2.34 bits per heavy atom. The van der Waals surface area contributed by atoms with Crippen LogP contribution in [0.15, 0.2) is 72.8 Å². The lowest BCUT2D eigenvalue weighted by Crippen LogP contribution is -2.02. The zero-order chi connectivity index (χ0) is 21.7. The Morgan fingerprint density at radius 2 is 1.53 bits per heavy atom. The van der Waals surface area contributed by atoms with Crippen molar-refractivity contribution >= 4 is 43.2 Å². The Hall–Kier alpha value is -3.92. The van der Waals surface area contributed by atoms with Crippen LogP contribution >= 0.6 is 0 Å². The lowest BCUT2D eigenvalue weighted by atomic mass is 9.92. The van der Waals surface area contributed by atoms with E-state index in [2.05, 4.69) is 61.5 Å². The second-order valence-electron chi connectivity index (χ2n) is 8.22. The van der Waals surface area contributed by atoms with Gasteiger partial charge >= 0.3 is 0 Å². The summed E-state index contributed by atoms with van der Waals surface area (Å²) < 4.78 is 6.04. The van der Waals surface area contributed by atoms with Gasteiger partial charge < -0.3 is 9.84 Å². The molecule has 0 bridgehead atoms. The number of aromatic hydroxyl groups is 1. The fraction of sp³-hybridized carbons (Fsp3) is 0.143. The average Bonchev–Trinajstić information content (AvgIpc) is 2.82. The molecule has 1 N–H and O–H groups in total. The molecule has 0 aliphatic rings. The number of aromatic nitrogens is 2. The van der Waals surface area contributed by atoms with Crippen LogP contribution in [-0.2, 0) is 0 Å². The summed E-state index contributed by atoms with van der Waals surface area (Å²) in [6, 6.07) is 24.5. The maximum absolute atomic E-state index is 10.00. The third-order valence-electron chi connectivity index (χ3n) is 6.15. The maximum Gasteiger partial charge on any atom is 0.225 e. The number of rotatable bonds is 5. The van der Waals surface area contributed by atoms with Crippen molar-refractivity contribution in [2.24, 2.45) is 0 Å². The average molecular weight is 418 g/mol. The Labute approximate surface area is 185 Å². The van der Waals surface area contributed by atoms with E-state index >= 15 is 0 Å². The molecule has 5 aromatic carbocycles. The quantitative estimate of drug-likeness (QED) is 0.240. The minimum atomic E-state index is 0.178. The van der Waals surface area contributed by atoms with E-state index in [0.717, 1.165) is 34.7 Å². The summed E-state index contributed by atoms with van der Waals surface area (Å²) in [7, 11) is 0. The molecule has 0 aliphatic heterocycles. The van der Waals surface area contributed by atoms with Crippen molar-refractivity contribution in [2.75, 3.05) is 6.61 Å². The second kappa shape index (κ2) is 7.34. The zero-order valence-electron chi connectivity index (χ0n) is 17.8. The van der Waals surface area contributed by atoms with Gasteiger partial charge in [0.2, 0.25) is 5.88 Å². The van der Waals surface area contributed by atoms with Gasteiger partial charge in [-0.3, -0.25) is 0 Å². The van der Waals surface area contributed by atoms with E-state index in [4.69, 9.17) is 14.7 Å². The Kier molecular flexibility index (Phi) is 4.32. The van der Waals surface area contributed by atoms with E-state index < -0.39 is 0 Å². The highest BCUT2D eigenvalue weighted by molar-refractivity contribution is 6.25. The third-order valence-corrected chi connectivity index (χ3v) is 6.15. The molecule has 1 aromatic heterocycles. The molecule has 6 rings (SSSR count). The van der Waals surface area contributed by atoms with E-state index in [9.17, 15) is 5.11 Å². The van der Waals surface area contributed by atoms with Gasteiger partial charge in [-0.15, -0.1) is 0 Å². The molecule has 0 amide bonds. The molecular formula is C28H22N2O2. The predicted molar refractivity (Wildman–Crippen MR) is 131 cm³/mol. The molecule has 0 aliphatic carbocycles. The van der Waals surface area contributed by atoms with Crippen LogP contribution in [0.25, 0.3) is 54.6 Å². The first-order valence-corrected chi connectivity index (χ1v) is 11.0. The smallest absolute Gasteiger partial charge is 0.225 e. The van der Waals surface area contributed by atoms with Gasteiger partial charge in [0.05, 0.1) is 17.5 Å². The molecule has 4 nitrogen and oxygen atoms in total. The summed E-state index contributed by atoms with van der Waals surface area (Å²) in [6.07, 6.45) is 1.98. The second-order valence-corrected chi connectivity index (χ2v) is 8.22. The normalized spacial score (nSPS) is 11.8. The highest BCUT2D eigenvalue weighted by atomic mass is 16.5. The van der Waals surface area contributed by atoms with Gasteiger partial charge in [-0.25, -0.2) is 4.98 Å². The highest BCUT2D eigenvalue weighted by Gasteiger charge is 2.16. The van der Waals surface area contributed by atoms with Crippen molar-refractivity contribution in [3.05, 3.63) is 72.8 Å². The minimum Gasteiger partial charge on any atom is -0.508 e. The fourth-order valence-corrected chi connectivity index (χ4v) is 4.56. The first kappa shape index (κ1) is 18.8. The van der Waals surface area contributed by atoms with Gasteiger partial charge in [-0.2, -0.15) is 4.98 Å². The molecule has 6 aromatic rings. The molecule has 32 heavy (non-hydrogen) atoms. The number of hydrogen-bond donors (Lipinski definition) is 1. The number of nitrogens with zero attached hydrogens (tertiary/aromatic N) is 2. The van der Waals surface area contributed by atoms with Crippen molar-refractivity contribution in [1.29, 1.82) is 0 Å². The van der Waals surface area contributed by atoms with Crippen molar-refractivity contribution in [3.63, 3.8) is 0 Å². The Balaban J connectivity index is 1.63. The van der Waals surface area contributed by atoms with Crippen LogP contribution in [0.5, 0.6) is 11.6 Å². The number of fused-ring (bicyclic) bond motifs is 1. The van der Waals surface area contributed by atoms with Crippen molar-refractivity contribution in [3.8, 4) is 23.0 Å². The largest absolute Gasteiger partial charge is 0.508 e. The predicted octanol–water partition coefficient (Wildman–Crippen LogP) is 7.08. The maximum atomic E-state index is 10.00. The standard InChI is InChI=1S/C28H22N2O2/c1-2-3-15-32-28-23-16-20(31)11-14-24(23)29-27(30-28)22-13-10-19-8-7-17-5-4-6-18-9-12-21(22)26(19)25(17)18/h4-14,16,31H,2-3,15H2,1H3. The molecule has 156 valence electrons. The van der Waals surface area contributed by atoms with Crippen LogP contribution in [0.4, 0.5) is 0 Å². The van der Waals surface area contributed by atoms with Crippen molar-refractivity contribution < 1.29 is 9.84 Å². The Bertz CT molecular complexity index is 1590. The van der Waals surface area contributed by atoms with E-state index in [1.807, 2.05) is 6.07 Å². The molecule has 4 heteroatoms. The number of phenols is 1. The highest BCUT2D eigenvalue weighted by Crippen LogP contribution is 2.39. The molecular weight excluding hydrogens is 396 g/mol. The number of phenolic OH excluding ortho intramolecular Hbond substituents is 1. The zero-order valence-corrected chi connectivity index (χ0v) is 17.8. The van der Waals surface area contributed by atoms with Gasteiger partial charge in [-0.05, 0) is 63.0 Å². The number of unbranched alkanes of at least 4 members (excludes halogenated alkanes) is 1. The van der Waals surface area contributed by atoms with E-state index in [-0.39, 0.29) is 5.75 Å². The number of benzene rings is 5. The summed E-state index contributed by atoms with van der Waals surface area (Å²) in [5.41, 5.74) is 1.73. The Morgan fingerprint density at radius 1 is 0.781 bits per heavy atom. The van der Waals surface area contributed by atoms with Crippen LogP contribution in [0, 0.1) is 0 Å². The van der Waals surface area contributed by atoms with Gasteiger partial charge in [0.1, 0.15) is 5.75 Å². The van der Waals surface area contributed by atoms with Crippen molar-refractivity contribution in [1.82, 2.24) is 9.97 Å². The van der Waals surface area contributed by atoms with Crippen LogP contribution in [-0.4, -0.2) is 21.7 Å². The van der Waals surface area contributed by atoms with E-state index in [0.29, 0.717) is 18.3 Å². The van der Waals surface area contributed by atoms with Gasteiger partial charge in [-0.1, -0.05) is 61.9 Å². The molecule has 0 saturated heterocycles. The topological polar surface area (TPSA) is 55.2 Å².